The third-order valence-corrected chi connectivity index (χ3v) is 4.32. The maximum Gasteiger partial charge on any atom is 0.330 e. The van der Waals surface area contributed by atoms with E-state index in [2.05, 4.69) is 4.98 Å². The van der Waals surface area contributed by atoms with Crippen molar-refractivity contribution in [1.82, 2.24) is 14.5 Å². The van der Waals surface area contributed by atoms with Crippen molar-refractivity contribution in [1.29, 1.82) is 0 Å². The second-order valence-electron chi connectivity index (χ2n) is 6.71. The number of carbonyl (C=O) groups excluding carboxylic acids is 2. The first-order valence-electron chi connectivity index (χ1n) is 9.69. The van der Waals surface area contributed by atoms with Gasteiger partial charge >= 0.3 is 5.69 Å². The number of hydrogen-bond acceptors (Lipinski definition) is 7. The predicted molar refractivity (Wildman–Crippen MR) is 111 cm³/mol. The van der Waals surface area contributed by atoms with Crippen molar-refractivity contribution in [2.45, 2.75) is 39.7 Å². The van der Waals surface area contributed by atoms with Crippen LogP contribution in [0.2, 0.25) is 0 Å². The fourth-order valence-electron chi connectivity index (χ4n) is 2.89. The van der Waals surface area contributed by atoms with Gasteiger partial charge in [-0.2, -0.15) is 0 Å². The molecule has 164 valence electrons. The van der Waals surface area contributed by atoms with Gasteiger partial charge in [0.15, 0.2) is 5.69 Å². The number of hydrogen-bond donors (Lipinski definition) is 3. The van der Waals surface area contributed by atoms with Gasteiger partial charge < -0.3 is 21.1 Å². The molecule has 5 N–H and O–H groups in total. The van der Waals surface area contributed by atoms with Crippen LogP contribution in [0.25, 0.3) is 0 Å². The number of nitrogens with two attached hydrogens (primary N) is 2. The van der Waals surface area contributed by atoms with E-state index in [-0.39, 0.29) is 31.1 Å². The van der Waals surface area contributed by atoms with Crippen LogP contribution in [0.3, 0.4) is 0 Å². The summed E-state index contributed by atoms with van der Waals surface area (Å²) in [6.45, 7) is 4.72. The van der Waals surface area contributed by atoms with Crippen LogP contribution < -0.4 is 27.6 Å². The van der Waals surface area contributed by atoms with Gasteiger partial charge in [-0.15, -0.1) is 0 Å². The Balaban J connectivity index is 3.30. The van der Waals surface area contributed by atoms with Crippen LogP contribution in [0.1, 0.15) is 33.1 Å². The zero-order chi connectivity index (χ0) is 22.0. The number of aromatic amines is 1. The van der Waals surface area contributed by atoms with E-state index < -0.39 is 23.1 Å². The number of primary amides is 1. The number of nitrogen functional groups attached to an aromatic ring is 1. The summed E-state index contributed by atoms with van der Waals surface area (Å²) in [5.41, 5.74) is 9.99. The third-order valence-electron chi connectivity index (χ3n) is 4.32. The highest BCUT2D eigenvalue weighted by atomic mass is 16.5. The zero-order valence-electron chi connectivity index (χ0n) is 17.4. The van der Waals surface area contributed by atoms with E-state index in [0.717, 1.165) is 6.42 Å². The SMILES string of the molecule is CCCCN(C(=O)CN(CCOC)CC(N)=O)c1c(N)n(CCC)c(=O)[nH]c1=O. The van der Waals surface area contributed by atoms with Gasteiger partial charge in [-0.3, -0.25) is 28.8 Å². The van der Waals surface area contributed by atoms with Crippen molar-refractivity contribution in [2.75, 3.05) is 50.5 Å². The lowest BCUT2D eigenvalue weighted by Crippen LogP contribution is -2.47. The molecule has 1 heterocycles. The van der Waals surface area contributed by atoms with E-state index in [4.69, 9.17) is 16.2 Å². The van der Waals surface area contributed by atoms with E-state index in [1.54, 1.807) is 4.90 Å². The Morgan fingerprint density at radius 1 is 1.14 bits per heavy atom. The first-order chi connectivity index (χ1) is 13.8. The van der Waals surface area contributed by atoms with E-state index in [0.29, 0.717) is 32.5 Å². The number of nitrogens with one attached hydrogen (secondary N) is 1. The lowest BCUT2D eigenvalue weighted by molar-refractivity contribution is -0.122. The van der Waals surface area contributed by atoms with Gasteiger partial charge in [0.05, 0.1) is 19.7 Å². The molecule has 0 fully saturated rings. The fraction of sp³-hybridized carbons (Fsp3) is 0.667. The molecule has 1 aromatic rings. The average molecular weight is 412 g/mol. The molecule has 11 heteroatoms. The molecule has 0 spiro atoms. The lowest BCUT2D eigenvalue weighted by Gasteiger charge is -2.27. The minimum Gasteiger partial charge on any atom is -0.383 e. The smallest absolute Gasteiger partial charge is 0.330 e. The summed E-state index contributed by atoms with van der Waals surface area (Å²) in [6.07, 6.45) is 2.04. The van der Waals surface area contributed by atoms with Crippen molar-refractivity contribution in [3.8, 4) is 0 Å². The van der Waals surface area contributed by atoms with E-state index in [1.165, 1.54) is 16.6 Å². The number of rotatable bonds is 13. The summed E-state index contributed by atoms with van der Waals surface area (Å²) in [4.78, 5) is 54.0. The number of aromatic nitrogens is 2. The third kappa shape index (κ3) is 7.02. The van der Waals surface area contributed by atoms with E-state index >= 15 is 0 Å². The molecule has 0 saturated carbocycles. The molecule has 29 heavy (non-hydrogen) atoms. The average Bonchev–Trinajstić information content (AvgIpc) is 2.65. The van der Waals surface area contributed by atoms with Crippen molar-refractivity contribution in [2.24, 2.45) is 5.73 Å². The van der Waals surface area contributed by atoms with Crippen LogP contribution in [-0.2, 0) is 20.9 Å². The van der Waals surface area contributed by atoms with E-state index in [9.17, 15) is 19.2 Å². The van der Waals surface area contributed by atoms with Crippen LogP contribution in [0, 0.1) is 0 Å². The minimum absolute atomic E-state index is 0.0524. The first-order valence-corrected chi connectivity index (χ1v) is 9.69. The highest BCUT2D eigenvalue weighted by molar-refractivity contribution is 5.97. The molecule has 0 aliphatic heterocycles. The summed E-state index contributed by atoms with van der Waals surface area (Å²) in [5, 5.41) is 0. The number of H-pyrrole nitrogens is 1. The normalized spacial score (nSPS) is 11.0. The lowest BCUT2D eigenvalue weighted by atomic mass is 10.2. The molecule has 0 atom stereocenters. The highest BCUT2D eigenvalue weighted by Crippen LogP contribution is 2.18. The van der Waals surface area contributed by atoms with Gasteiger partial charge in [0, 0.05) is 26.7 Å². The summed E-state index contributed by atoms with van der Waals surface area (Å²) >= 11 is 0. The van der Waals surface area contributed by atoms with Gasteiger partial charge in [0.25, 0.3) is 5.56 Å². The summed E-state index contributed by atoms with van der Waals surface area (Å²) in [7, 11) is 1.51. The molecule has 0 saturated heterocycles. The van der Waals surface area contributed by atoms with Gasteiger partial charge in [0.2, 0.25) is 11.8 Å². The topological polar surface area (TPSA) is 157 Å². The molecule has 0 aliphatic rings. The number of unbranched alkanes of at least 4 members (excludes halogenated alkanes) is 1. The second-order valence-corrected chi connectivity index (χ2v) is 6.71. The first kappa shape index (κ1) is 24.4. The van der Waals surface area contributed by atoms with Crippen molar-refractivity contribution in [3.63, 3.8) is 0 Å². The van der Waals surface area contributed by atoms with Crippen molar-refractivity contribution < 1.29 is 14.3 Å². The number of ether oxygens (including phenoxy) is 1. The van der Waals surface area contributed by atoms with Crippen molar-refractivity contribution in [3.05, 3.63) is 20.8 Å². The Morgan fingerprint density at radius 3 is 2.38 bits per heavy atom. The molecule has 0 aliphatic carbocycles. The number of carbonyl (C=O) groups is 2. The van der Waals surface area contributed by atoms with Gasteiger partial charge in [-0.05, 0) is 12.8 Å². The molecule has 11 nitrogen and oxygen atoms in total. The molecule has 1 rings (SSSR count). The van der Waals surface area contributed by atoms with Gasteiger partial charge in [-0.1, -0.05) is 20.3 Å². The largest absolute Gasteiger partial charge is 0.383 e. The Morgan fingerprint density at radius 2 is 1.83 bits per heavy atom. The number of anilines is 2. The quantitative estimate of drug-likeness (QED) is 0.379. The van der Waals surface area contributed by atoms with Crippen LogP contribution >= 0.6 is 0 Å². The summed E-state index contributed by atoms with van der Waals surface area (Å²) in [5.74, 6) is -1.05. The van der Waals surface area contributed by atoms with Gasteiger partial charge in [-0.25, -0.2) is 4.79 Å². The van der Waals surface area contributed by atoms with Gasteiger partial charge in [0.1, 0.15) is 5.82 Å². The summed E-state index contributed by atoms with van der Waals surface area (Å²) in [6, 6.07) is 0. The maximum absolute atomic E-state index is 13.1. The zero-order valence-corrected chi connectivity index (χ0v) is 17.4. The fourth-order valence-corrected chi connectivity index (χ4v) is 2.89. The highest BCUT2D eigenvalue weighted by Gasteiger charge is 2.25. The minimum atomic E-state index is -0.720. The number of nitrogens with zero attached hydrogens (tertiary/aromatic N) is 3. The molecule has 0 aromatic carbocycles. The molecule has 0 bridgehead atoms. The number of methoxy groups -OCH3 is 1. The Bertz CT molecular complexity index is 803. The Labute approximate surface area is 169 Å². The monoisotopic (exact) mass is 412 g/mol. The Hall–Kier alpha value is -2.66. The number of amides is 2. The summed E-state index contributed by atoms with van der Waals surface area (Å²) < 4.78 is 6.25. The maximum atomic E-state index is 13.1. The van der Waals surface area contributed by atoms with Crippen molar-refractivity contribution >= 4 is 23.3 Å². The van der Waals surface area contributed by atoms with Crippen LogP contribution in [0.15, 0.2) is 9.59 Å². The molecular formula is C18H32N6O5. The standard InChI is InChI=1S/C18H32N6O5/c1-4-6-8-23(14(26)12-22(9-10-29-3)11-13(19)25)15-16(20)24(7-5-2)18(28)21-17(15)27/h4-12,20H2,1-3H3,(H2,19,25)(H,21,27,28). The van der Waals surface area contributed by atoms with Crippen LogP contribution in [0.4, 0.5) is 11.5 Å². The molecule has 1 aromatic heterocycles. The molecule has 0 radical (unpaired) electrons. The molecular weight excluding hydrogens is 380 g/mol. The second kappa shape index (κ2) is 12.0. The predicted octanol–water partition coefficient (Wildman–Crippen LogP) is -0.904. The molecule has 0 unspecified atom stereocenters. The Kier molecular flexibility index (Phi) is 10.1. The molecule has 2 amide bonds. The van der Waals surface area contributed by atoms with E-state index in [1.807, 2.05) is 13.8 Å². The van der Waals surface area contributed by atoms with Crippen LogP contribution in [-0.4, -0.2) is 66.2 Å². The van der Waals surface area contributed by atoms with Crippen LogP contribution in [0.5, 0.6) is 0 Å².